The van der Waals surface area contributed by atoms with E-state index in [1.807, 2.05) is 6.20 Å². The summed E-state index contributed by atoms with van der Waals surface area (Å²) in [5.74, 6) is 3.21. The zero-order valence-corrected chi connectivity index (χ0v) is 10.7. The standard InChI is InChI=1S/C13H17N5O/c1-2-10(12-16-13(19-17-12)9-3-4-9)18(7-1)8-11-14-5-6-15-11/h5-6,9-10H,1-4,7-8H2,(H,14,15)/t10-/m0/s1. The summed E-state index contributed by atoms with van der Waals surface area (Å²) in [5.41, 5.74) is 0. The molecule has 6 nitrogen and oxygen atoms in total. The van der Waals surface area contributed by atoms with E-state index in [9.17, 15) is 0 Å². The molecule has 2 fully saturated rings. The Bertz CT molecular complexity index is 545. The molecule has 1 saturated heterocycles. The smallest absolute Gasteiger partial charge is 0.229 e. The predicted molar refractivity (Wildman–Crippen MR) is 67.2 cm³/mol. The van der Waals surface area contributed by atoms with Gasteiger partial charge in [0.15, 0.2) is 5.82 Å². The van der Waals surface area contributed by atoms with Crippen molar-refractivity contribution in [3.05, 3.63) is 29.9 Å². The number of hydrogen-bond acceptors (Lipinski definition) is 5. The Morgan fingerprint density at radius 3 is 3.11 bits per heavy atom. The largest absolute Gasteiger partial charge is 0.348 e. The van der Waals surface area contributed by atoms with Crippen LogP contribution in [0.15, 0.2) is 16.9 Å². The van der Waals surface area contributed by atoms with Gasteiger partial charge in [0.2, 0.25) is 5.89 Å². The summed E-state index contributed by atoms with van der Waals surface area (Å²) in [6, 6.07) is 0.279. The van der Waals surface area contributed by atoms with Crippen molar-refractivity contribution >= 4 is 0 Å². The molecule has 2 aliphatic rings. The maximum atomic E-state index is 5.37. The van der Waals surface area contributed by atoms with Gasteiger partial charge in [0.25, 0.3) is 0 Å². The number of aromatic nitrogens is 4. The highest BCUT2D eigenvalue weighted by Crippen LogP contribution is 2.40. The zero-order valence-electron chi connectivity index (χ0n) is 10.7. The number of aromatic amines is 1. The molecule has 2 aromatic rings. The van der Waals surface area contributed by atoms with Gasteiger partial charge in [-0.2, -0.15) is 4.98 Å². The maximum absolute atomic E-state index is 5.37. The molecule has 3 heterocycles. The molecule has 6 heteroatoms. The number of nitrogens with one attached hydrogen (secondary N) is 1. The molecule has 19 heavy (non-hydrogen) atoms. The summed E-state index contributed by atoms with van der Waals surface area (Å²) in [6.45, 7) is 1.89. The third kappa shape index (κ3) is 2.16. The van der Waals surface area contributed by atoms with Gasteiger partial charge in [-0.1, -0.05) is 5.16 Å². The lowest BCUT2D eigenvalue weighted by atomic mass is 10.2. The van der Waals surface area contributed by atoms with Crippen LogP contribution in [0.5, 0.6) is 0 Å². The van der Waals surface area contributed by atoms with Crippen molar-refractivity contribution in [2.45, 2.75) is 44.2 Å². The summed E-state index contributed by atoms with van der Waals surface area (Å²) >= 11 is 0. The van der Waals surface area contributed by atoms with E-state index in [-0.39, 0.29) is 6.04 Å². The van der Waals surface area contributed by atoms with Crippen molar-refractivity contribution in [2.24, 2.45) is 0 Å². The van der Waals surface area contributed by atoms with Crippen LogP contribution < -0.4 is 0 Å². The van der Waals surface area contributed by atoms with E-state index >= 15 is 0 Å². The average Bonchev–Trinajstić information content (AvgIpc) is 2.89. The van der Waals surface area contributed by atoms with Crippen molar-refractivity contribution < 1.29 is 4.52 Å². The van der Waals surface area contributed by atoms with Crippen molar-refractivity contribution in [3.8, 4) is 0 Å². The quantitative estimate of drug-likeness (QED) is 0.909. The average molecular weight is 259 g/mol. The molecular formula is C13H17N5O. The molecule has 0 aromatic carbocycles. The van der Waals surface area contributed by atoms with Crippen LogP contribution in [0.2, 0.25) is 0 Å². The van der Waals surface area contributed by atoms with Gasteiger partial charge >= 0.3 is 0 Å². The van der Waals surface area contributed by atoms with Gasteiger partial charge in [0.1, 0.15) is 5.82 Å². The van der Waals surface area contributed by atoms with Crippen molar-refractivity contribution in [1.82, 2.24) is 25.0 Å². The monoisotopic (exact) mass is 259 g/mol. The number of nitrogens with zero attached hydrogens (tertiary/aromatic N) is 4. The fraction of sp³-hybridized carbons (Fsp3) is 0.615. The zero-order chi connectivity index (χ0) is 12.7. The normalized spacial score (nSPS) is 24.1. The molecule has 1 N–H and O–H groups in total. The second kappa shape index (κ2) is 4.45. The van der Waals surface area contributed by atoms with E-state index in [1.165, 1.54) is 19.3 Å². The van der Waals surface area contributed by atoms with Gasteiger partial charge in [-0.05, 0) is 32.2 Å². The van der Waals surface area contributed by atoms with Gasteiger partial charge in [-0.25, -0.2) is 4.98 Å². The Kier molecular flexibility index (Phi) is 2.61. The molecule has 0 unspecified atom stereocenters. The molecule has 0 amide bonds. The summed E-state index contributed by atoms with van der Waals surface area (Å²) in [7, 11) is 0. The van der Waals surface area contributed by atoms with Gasteiger partial charge in [-0.15, -0.1) is 0 Å². The first-order valence-corrected chi connectivity index (χ1v) is 6.96. The lowest BCUT2D eigenvalue weighted by Crippen LogP contribution is -2.24. The first-order valence-electron chi connectivity index (χ1n) is 6.96. The molecular weight excluding hydrogens is 242 g/mol. The van der Waals surface area contributed by atoms with Crippen LogP contribution in [0.4, 0.5) is 0 Å². The molecule has 0 spiro atoms. The Morgan fingerprint density at radius 2 is 2.32 bits per heavy atom. The molecule has 1 saturated carbocycles. The molecule has 100 valence electrons. The summed E-state index contributed by atoms with van der Waals surface area (Å²) < 4.78 is 5.37. The van der Waals surface area contributed by atoms with Gasteiger partial charge in [0, 0.05) is 18.3 Å². The molecule has 2 aromatic heterocycles. The van der Waals surface area contributed by atoms with E-state index < -0.39 is 0 Å². The summed E-state index contributed by atoms with van der Waals surface area (Å²) in [5, 5.41) is 4.18. The minimum absolute atomic E-state index is 0.279. The Hall–Kier alpha value is -1.69. The van der Waals surface area contributed by atoms with E-state index in [0.29, 0.717) is 5.92 Å². The first-order chi connectivity index (χ1) is 9.40. The third-order valence-electron chi connectivity index (χ3n) is 3.95. The van der Waals surface area contributed by atoms with E-state index in [0.717, 1.165) is 37.0 Å². The molecule has 4 rings (SSSR count). The fourth-order valence-electron chi connectivity index (χ4n) is 2.76. The lowest BCUT2D eigenvalue weighted by molar-refractivity contribution is 0.229. The molecule has 1 atom stereocenters. The van der Waals surface area contributed by atoms with Crippen LogP contribution in [-0.2, 0) is 6.54 Å². The van der Waals surface area contributed by atoms with Crippen molar-refractivity contribution in [2.75, 3.05) is 6.54 Å². The van der Waals surface area contributed by atoms with Gasteiger partial charge < -0.3 is 9.51 Å². The fourth-order valence-corrected chi connectivity index (χ4v) is 2.76. The Morgan fingerprint density at radius 1 is 1.37 bits per heavy atom. The van der Waals surface area contributed by atoms with Crippen LogP contribution in [0.25, 0.3) is 0 Å². The minimum Gasteiger partial charge on any atom is -0.348 e. The Labute approximate surface area is 111 Å². The van der Waals surface area contributed by atoms with Crippen molar-refractivity contribution in [3.63, 3.8) is 0 Å². The van der Waals surface area contributed by atoms with Gasteiger partial charge in [0.05, 0.1) is 12.6 Å². The number of H-pyrrole nitrogens is 1. The second-order valence-electron chi connectivity index (χ2n) is 5.43. The predicted octanol–water partition coefficient (Wildman–Crippen LogP) is 2.01. The van der Waals surface area contributed by atoms with E-state index in [2.05, 4.69) is 25.0 Å². The van der Waals surface area contributed by atoms with E-state index in [1.54, 1.807) is 6.20 Å². The second-order valence-corrected chi connectivity index (χ2v) is 5.43. The molecule has 0 radical (unpaired) electrons. The molecule has 1 aliphatic carbocycles. The van der Waals surface area contributed by atoms with Crippen LogP contribution >= 0.6 is 0 Å². The number of likely N-dealkylation sites (tertiary alicyclic amines) is 1. The van der Waals surface area contributed by atoms with Crippen LogP contribution in [0.3, 0.4) is 0 Å². The van der Waals surface area contributed by atoms with Crippen LogP contribution in [0, 0.1) is 0 Å². The van der Waals surface area contributed by atoms with E-state index in [4.69, 9.17) is 4.52 Å². The highest BCUT2D eigenvalue weighted by Gasteiger charge is 2.34. The third-order valence-corrected chi connectivity index (χ3v) is 3.95. The molecule has 1 aliphatic heterocycles. The van der Waals surface area contributed by atoms with Crippen LogP contribution in [-0.4, -0.2) is 31.6 Å². The van der Waals surface area contributed by atoms with Gasteiger partial charge in [-0.3, -0.25) is 4.90 Å². The molecule has 0 bridgehead atoms. The SMILES string of the molecule is c1c[nH]c(CN2CCC[C@H]2c2noc(C3CC3)n2)n1. The van der Waals surface area contributed by atoms with Crippen molar-refractivity contribution in [1.29, 1.82) is 0 Å². The number of imidazole rings is 1. The Balaban J connectivity index is 1.51. The first kappa shape index (κ1) is 11.2. The minimum atomic E-state index is 0.279. The summed E-state index contributed by atoms with van der Waals surface area (Å²) in [4.78, 5) is 14.4. The highest BCUT2D eigenvalue weighted by molar-refractivity contribution is 5.05. The number of hydrogen-bond donors (Lipinski definition) is 1. The topological polar surface area (TPSA) is 70.8 Å². The van der Waals surface area contributed by atoms with Crippen LogP contribution in [0.1, 0.15) is 55.2 Å². The lowest BCUT2D eigenvalue weighted by Gasteiger charge is -2.20. The maximum Gasteiger partial charge on any atom is 0.229 e. The highest BCUT2D eigenvalue weighted by atomic mass is 16.5. The summed E-state index contributed by atoms with van der Waals surface area (Å²) in [6.07, 6.45) is 8.33. The number of rotatable bonds is 4.